The van der Waals surface area contributed by atoms with Crippen LogP contribution in [0.5, 0.6) is 11.5 Å². The Hall–Kier alpha value is -3.09. The van der Waals surface area contributed by atoms with E-state index in [1.807, 2.05) is 0 Å². The maximum Gasteiger partial charge on any atom is 0.351 e. The van der Waals surface area contributed by atoms with Gasteiger partial charge in [-0.3, -0.25) is 4.79 Å². The molecule has 0 spiro atoms. The van der Waals surface area contributed by atoms with Crippen LogP contribution in [0.25, 0.3) is 0 Å². The summed E-state index contributed by atoms with van der Waals surface area (Å²) >= 11 is 0. The molecule has 2 atom stereocenters. The van der Waals surface area contributed by atoms with Gasteiger partial charge in [0.05, 0.1) is 0 Å². The molecule has 0 aliphatic carbocycles. The fourth-order valence-electron chi connectivity index (χ4n) is 2.56. The first-order valence-electron chi connectivity index (χ1n) is 8.64. The van der Waals surface area contributed by atoms with E-state index >= 15 is 0 Å². The summed E-state index contributed by atoms with van der Waals surface area (Å²) in [7, 11) is 0. The molecule has 0 fully saturated rings. The van der Waals surface area contributed by atoms with Gasteiger partial charge in [0, 0.05) is 6.54 Å². The normalized spacial score (nSPS) is 16.3. The van der Waals surface area contributed by atoms with Crippen molar-refractivity contribution in [2.45, 2.75) is 25.6 Å². The molecule has 1 heterocycles. The van der Waals surface area contributed by atoms with E-state index in [1.54, 1.807) is 36.4 Å². The number of benzene rings is 2. The molecule has 0 saturated carbocycles. The lowest BCUT2D eigenvalue weighted by Gasteiger charge is -2.25. The second-order valence-electron chi connectivity index (χ2n) is 6.11. The number of fused-ring (bicyclic) bond motifs is 1. The molecule has 2 aromatic carbocycles. The summed E-state index contributed by atoms with van der Waals surface area (Å²) in [4.78, 5) is 24.3. The number of carbonyl (C=O) groups is 2. The molecule has 0 radical (unpaired) electrons. The maximum atomic E-state index is 12.9. The van der Waals surface area contributed by atoms with E-state index in [2.05, 4.69) is 5.32 Å². The van der Waals surface area contributed by atoms with E-state index in [9.17, 15) is 14.0 Å². The molecule has 7 heteroatoms. The Morgan fingerprint density at radius 3 is 2.63 bits per heavy atom. The third-order valence-electron chi connectivity index (χ3n) is 4.06. The zero-order chi connectivity index (χ0) is 19.2. The first-order valence-corrected chi connectivity index (χ1v) is 8.64. The summed E-state index contributed by atoms with van der Waals surface area (Å²) in [6.45, 7) is 1.86. The molecular weight excluding hydrogens is 353 g/mol. The molecule has 1 N–H and O–H groups in total. The van der Waals surface area contributed by atoms with Crippen molar-refractivity contribution >= 4 is 11.9 Å². The Kier molecular flexibility index (Phi) is 5.90. The summed E-state index contributed by atoms with van der Waals surface area (Å²) in [5, 5.41) is 2.69. The molecule has 2 aromatic rings. The highest BCUT2D eigenvalue weighted by atomic mass is 19.1. The number of esters is 1. The molecule has 1 aliphatic rings. The number of para-hydroxylation sites is 2. The summed E-state index contributed by atoms with van der Waals surface area (Å²) in [5.74, 6) is -0.358. The van der Waals surface area contributed by atoms with Crippen LogP contribution in [0.3, 0.4) is 0 Å². The van der Waals surface area contributed by atoms with Crippen molar-refractivity contribution in [3.8, 4) is 11.5 Å². The van der Waals surface area contributed by atoms with Gasteiger partial charge in [0.15, 0.2) is 17.6 Å². The second kappa shape index (κ2) is 8.53. The molecule has 0 bridgehead atoms. The van der Waals surface area contributed by atoms with Crippen molar-refractivity contribution in [3.05, 3.63) is 59.9 Å². The van der Waals surface area contributed by atoms with Gasteiger partial charge < -0.3 is 19.5 Å². The molecular formula is C20H20FNO5. The van der Waals surface area contributed by atoms with Crippen LogP contribution in [-0.2, 0) is 20.7 Å². The zero-order valence-electron chi connectivity index (χ0n) is 14.8. The molecule has 142 valence electrons. The third-order valence-corrected chi connectivity index (χ3v) is 4.06. The van der Waals surface area contributed by atoms with E-state index in [0.717, 1.165) is 5.56 Å². The van der Waals surface area contributed by atoms with Crippen molar-refractivity contribution in [2.24, 2.45) is 0 Å². The topological polar surface area (TPSA) is 73.9 Å². The molecule has 0 saturated heterocycles. The number of amides is 1. The van der Waals surface area contributed by atoms with Crippen LogP contribution in [0, 0.1) is 5.82 Å². The molecule has 27 heavy (non-hydrogen) atoms. The average Bonchev–Trinajstić information content (AvgIpc) is 2.69. The Labute approximate surface area is 156 Å². The van der Waals surface area contributed by atoms with E-state index < -0.39 is 24.1 Å². The Bertz CT molecular complexity index is 808. The minimum Gasteiger partial charge on any atom is -0.485 e. The van der Waals surface area contributed by atoms with Crippen LogP contribution in [0.2, 0.25) is 0 Å². The summed E-state index contributed by atoms with van der Waals surface area (Å²) in [5.41, 5.74) is 0.896. The third kappa shape index (κ3) is 4.97. The van der Waals surface area contributed by atoms with Crippen LogP contribution in [0.4, 0.5) is 4.39 Å². The molecule has 1 amide bonds. The Morgan fingerprint density at radius 1 is 1.19 bits per heavy atom. The van der Waals surface area contributed by atoms with Gasteiger partial charge in [0.1, 0.15) is 12.4 Å². The summed E-state index contributed by atoms with van der Waals surface area (Å²) in [6.07, 6.45) is -1.34. The van der Waals surface area contributed by atoms with Crippen molar-refractivity contribution in [3.63, 3.8) is 0 Å². The number of hydrogen-bond acceptors (Lipinski definition) is 5. The van der Waals surface area contributed by atoms with Crippen LogP contribution < -0.4 is 14.8 Å². The van der Waals surface area contributed by atoms with Gasteiger partial charge in [-0.25, -0.2) is 9.18 Å². The number of halogens is 1. The standard InChI is InChI=1S/C20H20FNO5/c1-13(19(23)22-11-10-14-6-8-15(21)9-7-14)26-20(24)18-12-25-16-4-2-3-5-17(16)27-18/h2-9,13,18H,10-12H2,1H3,(H,22,23)/t13-,18+/m1/s1. The highest BCUT2D eigenvalue weighted by molar-refractivity contribution is 5.84. The lowest BCUT2D eigenvalue weighted by molar-refractivity contribution is -0.163. The maximum absolute atomic E-state index is 12.9. The van der Waals surface area contributed by atoms with Crippen LogP contribution >= 0.6 is 0 Å². The fourth-order valence-corrected chi connectivity index (χ4v) is 2.56. The SMILES string of the molecule is C[C@@H](OC(=O)[C@@H]1COc2ccccc2O1)C(=O)NCCc1ccc(F)cc1. The van der Waals surface area contributed by atoms with Crippen LogP contribution in [-0.4, -0.2) is 37.2 Å². The van der Waals surface area contributed by atoms with Gasteiger partial charge in [-0.1, -0.05) is 24.3 Å². The fraction of sp³-hybridized carbons (Fsp3) is 0.300. The number of carbonyl (C=O) groups excluding carboxylic acids is 2. The first-order chi connectivity index (χ1) is 13.0. The molecule has 1 aliphatic heterocycles. The smallest absolute Gasteiger partial charge is 0.351 e. The molecule has 3 rings (SSSR count). The number of hydrogen-bond donors (Lipinski definition) is 1. The highest BCUT2D eigenvalue weighted by Crippen LogP contribution is 2.31. The predicted octanol–water partition coefficient (Wildman–Crippen LogP) is 2.26. The van der Waals surface area contributed by atoms with Crippen molar-refractivity contribution in [1.29, 1.82) is 0 Å². The minimum atomic E-state index is -0.966. The molecule has 0 unspecified atom stereocenters. The van der Waals surface area contributed by atoms with Gasteiger partial charge in [-0.2, -0.15) is 0 Å². The number of nitrogens with one attached hydrogen (secondary N) is 1. The van der Waals surface area contributed by atoms with Gasteiger partial charge in [0.2, 0.25) is 6.10 Å². The predicted molar refractivity (Wildman–Crippen MR) is 95.0 cm³/mol. The van der Waals surface area contributed by atoms with Crippen molar-refractivity contribution in [2.75, 3.05) is 13.2 Å². The number of rotatable bonds is 6. The van der Waals surface area contributed by atoms with Gasteiger partial charge in [-0.15, -0.1) is 0 Å². The highest BCUT2D eigenvalue weighted by Gasteiger charge is 2.31. The molecule has 0 aromatic heterocycles. The molecule has 6 nitrogen and oxygen atoms in total. The van der Waals surface area contributed by atoms with Gasteiger partial charge in [-0.05, 0) is 43.2 Å². The monoisotopic (exact) mass is 373 g/mol. The Morgan fingerprint density at radius 2 is 1.89 bits per heavy atom. The average molecular weight is 373 g/mol. The quantitative estimate of drug-likeness (QED) is 0.787. The van der Waals surface area contributed by atoms with E-state index in [0.29, 0.717) is 24.5 Å². The number of ether oxygens (including phenoxy) is 3. The van der Waals surface area contributed by atoms with E-state index in [4.69, 9.17) is 14.2 Å². The van der Waals surface area contributed by atoms with Crippen molar-refractivity contribution in [1.82, 2.24) is 5.32 Å². The Balaban J connectivity index is 1.44. The van der Waals surface area contributed by atoms with Crippen molar-refractivity contribution < 1.29 is 28.2 Å². The first kappa shape index (κ1) is 18.7. The summed E-state index contributed by atoms with van der Waals surface area (Å²) < 4.78 is 29.1. The minimum absolute atomic E-state index is 0.0226. The van der Waals surface area contributed by atoms with Gasteiger partial charge in [0.25, 0.3) is 5.91 Å². The largest absolute Gasteiger partial charge is 0.485 e. The lowest BCUT2D eigenvalue weighted by Crippen LogP contribution is -2.43. The van der Waals surface area contributed by atoms with Crippen LogP contribution in [0.15, 0.2) is 48.5 Å². The van der Waals surface area contributed by atoms with E-state index in [-0.39, 0.29) is 12.4 Å². The van der Waals surface area contributed by atoms with E-state index in [1.165, 1.54) is 19.1 Å². The lowest BCUT2D eigenvalue weighted by atomic mass is 10.1. The summed E-state index contributed by atoms with van der Waals surface area (Å²) in [6, 6.07) is 13.1. The zero-order valence-corrected chi connectivity index (χ0v) is 14.8. The van der Waals surface area contributed by atoms with Crippen LogP contribution in [0.1, 0.15) is 12.5 Å². The van der Waals surface area contributed by atoms with Gasteiger partial charge >= 0.3 is 5.97 Å². The second-order valence-corrected chi connectivity index (χ2v) is 6.11.